The first-order chi connectivity index (χ1) is 10.9. The van der Waals surface area contributed by atoms with Crippen LogP contribution in [-0.2, 0) is 0 Å². The summed E-state index contributed by atoms with van der Waals surface area (Å²) in [5, 5.41) is 0.900. The van der Waals surface area contributed by atoms with E-state index in [0.29, 0.717) is 0 Å². The van der Waals surface area contributed by atoms with Gasteiger partial charge in [-0.1, -0.05) is 46.3 Å². The molecule has 2 aromatic rings. The third kappa shape index (κ3) is 3.29. The number of halogens is 1. The third-order valence-electron chi connectivity index (χ3n) is 4.20. The van der Waals surface area contributed by atoms with E-state index in [-0.39, 0.29) is 11.6 Å². The van der Waals surface area contributed by atoms with E-state index in [0.717, 1.165) is 21.8 Å². The second kappa shape index (κ2) is 6.25. The number of anilines is 1. The molecular formula is C19H21BrN2S. The normalized spacial score (nSPS) is 18.6. The van der Waals surface area contributed by atoms with Crippen LogP contribution in [0.3, 0.4) is 0 Å². The van der Waals surface area contributed by atoms with Gasteiger partial charge in [-0.15, -0.1) is 0 Å². The van der Waals surface area contributed by atoms with Gasteiger partial charge in [0.2, 0.25) is 0 Å². The second-order valence-electron chi connectivity index (χ2n) is 6.84. The van der Waals surface area contributed by atoms with Crippen molar-refractivity contribution in [1.82, 2.24) is 4.90 Å². The molecule has 0 saturated carbocycles. The maximum atomic E-state index is 5.84. The van der Waals surface area contributed by atoms with Crippen molar-refractivity contribution in [3.63, 3.8) is 0 Å². The van der Waals surface area contributed by atoms with Gasteiger partial charge in [-0.05, 0) is 62.8 Å². The first-order valence-corrected chi connectivity index (χ1v) is 8.99. The van der Waals surface area contributed by atoms with Crippen LogP contribution in [0.15, 0.2) is 59.1 Å². The highest BCUT2D eigenvalue weighted by Gasteiger charge is 2.40. The summed E-state index contributed by atoms with van der Waals surface area (Å²) in [6.45, 7) is 7.55. The Balaban J connectivity index is 2.04. The molecule has 120 valence electrons. The van der Waals surface area contributed by atoms with Gasteiger partial charge in [0.15, 0.2) is 5.11 Å². The minimum absolute atomic E-state index is 0.00816. The summed E-state index contributed by atoms with van der Waals surface area (Å²) in [5.41, 5.74) is 2.44. The summed E-state index contributed by atoms with van der Waals surface area (Å²) in [6.07, 6.45) is 0. The van der Waals surface area contributed by atoms with E-state index in [1.165, 1.54) is 5.56 Å². The maximum absolute atomic E-state index is 5.84. The lowest BCUT2D eigenvalue weighted by molar-refractivity contribution is 0.253. The molecule has 0 spiro atoms. The fourth-order valence-corrected chi connectivity index (χ4v) is 3.82. The number of nitrogens with zero attached hydrogens (tertiary/aromatic N) is 2. The smallest absolute Gasteiger partial charge is 0.177 e. The van der Waals surface area contributed by atoms with E-state index in [1.54, 1.807) is 0 Å². The third-order valence-corrected chi connectivity index (χ3v) is 5.15. The van der Waals surface area contributed by atoms with Crippen molar-refractivity contribution in [2.75, 3.05) is 11.4 Å². The van der Waals surface area contributed by atoms with Gasteiger partial charge in [0.25, 0.3) is 0 Å². The topological polar surface area (TPSA) is 6.48 Å². The SMILES string of the molecule is CC(C)(C)N1C[C@H](c2ccc(Br)cc2)N(c2ccccc2)C1=S. The quantitative estimate of drug-likeness (QED) is 0.636. The van der Waals surface area contributed by atoms with Crippen LogP contribution in [0, 0.1) is 0 Å². The Morgan fingerprint density at radius 2 is 1.61 bits per heavy atom. The lowest BCUT2D eigenvalue weighted by atomic mass is 10.0. The Hall–Kier alpha value is -1.39. The van der Waals surface area contributed by atoms with Gasteiger partial charge in [0.05, 0.1) is 6.04 Å². The molecule has 0 aliphatic carbocycles. The van der Waals surface area contributed by atoms with E-state index in [4.69, 9.17) is 12.2 Å². The molecule has 1 heterocycles. The monoisotopic (exact) mass is 388 g/mol. The fourth-order valence-electron chi connectivity index (χ4n) is 2.98. The standard InChI is InChI=1S/C19H21BrN2S/c1-19(2,3)21-13-17(14-9-11-15(20)12-10-14)22(18(21)23)16-7-5-4-6-8-16/h4-12,17H,13H2,1-3H3/t17-/m1/s1. The molecular weight excluding hydrogens is 368 g/mol. The summed E-state index contributed by atoms with van der Waals surface area (Å²) in [6, 6.07) is 19.2. The molecule has 1 saturated heterocycles. The first-order valence-electron chi connectivity index (χ1n) is 7.79. The Morgan fingerprint density at radius 3 is 2.17 bits per heavy atom. The second-order valence-corrected chi connectivity index (χ2v) is 8.12. The molecule has 1 aliphatic rings. The largest absolute Gasteiger partial charge is 0.342 e. The molecule has 0 bridgehead atoms. The van der Waals surface area contributed by atoms with Gasteiger partial charge in [-0.3, -0.25) is 0 Å². The summed E-state index contributed by atoms with van der Waals surface area (Å²) < 4.78 is 1.10. The highest BCUT2D eigenvalue weighted by molar-refractivity contribution is 9.10. The van der Waals surface area contributed by atoms with Crippen molar-refractivity contribution in [3.8, 4) is 0 Å². The molecule has 1 aliphatic heterocycles. The Kier molecular flexibility index (Phi) is 4.47. The number of benzene rings is 2. The maximum Gasteiger partial charge on any atom is 0.177 e. The Labute approximate surface area is 152 Å². The summed E-state index contributed by atoms with van der Waals surface area (Å²) in [5.74, 6) is 0. The predicted octanol–water partition coefficient (Wildman–Crippen LogP) is 5.40. The van der Waals surface area contributed by atoms with Crippen LogP contribution in [0.5, 0.6) is 0 Å². The van der Waals surface area contributed by atoms with Gasteiger partial charge in [0, 0.05) is 22.2 Å². The van der Waals surface area contributed by atoms with Crippen LogP contribution in [0.4, 0.5) is 5.69 Å². The van der Waals surface area contributed by atoms with Gasteiger partial charge >= 0.3 is 0 Å². The summed E-state index contributed by atoms with van der Waals surface area (Å²) >= 11 is 9.36. The van der Waals surface area contributed by atoms with Gasteiger partial charge in [-0.25, -0.2) is 0 Å². The number of para-hydroxylation sites is 1. The van der Waals surface area contributed by atoms with Crippen LogP contribution >= 0.6 is 28.1 Å². The zero-order valence-electron chi connectivity index (χ0n) is 13.7. The molecule has 1 atom stereocenters. The molecule has 1 fully saturated rings. The number of thiocarbonyl (C=S) groups is 1. The molecule has 2 nitrogen and oxygen atoms in total. The van der Waals surface area contributed by atoms with E-state index < -0.39 is 0 Å². The molecule has 3 rings (SSSR count). The predicted molar refractivity (Wildman–Crippen MR) is 105 cm³/mol. The summed E-state index contributed by atoms with van der Waals surface area (Å²) in [4.78, 5) is 4.60. The molecule has 4 heteroatoms. The van der Waals surface area contributed by atoms with Gasteiger partial charge < -0.3 is 9.80 Å². The average molecular weight is 389 g/mol. The van der Waals surface area contributed by atoms with E-state index >= 15 is 0 Å². The first kappa shape index (κ1) is 16.5. The highest BCUT2D eigenvalue weighted by atomic mass is 79.9. The molecule has 0 N–H and O–H groups in total. The minimum atomic E-state index is 0.00816. The van der Waals surface area contributed by atoms with Crippen molar-refractivity contribution in [3.05, 3.63) is 64.6 Å². The van der Waals surface area contributed by atoms with E-state index in [9.17, 15) is 0 Å². The van der Waals surface area contributed by atoms with Crippen LogP contribution in [0.25, 0.3) is 0 Å². The molecule has 23 heavy (non-hydrogen) atoms. The lowest BCUT2D eigenvalue weighted by Gasteiger charge is -2.33. The number of rotatable bonds is 2. The van der Waals surface area contributed by atoms with Crippen LogP contribution in [0.2, 0.25) is 0 Å². The van der Waals surface area contributed by atoms with Gasteiger partial charge in [0.1, 0.15) is 0 Å². The van der Waals surface area contributed by atoms with Crippen molar-refractivity contribution in [2.24, 2.45) is 0 Å². The van der Waals surface area contributed by atoms with E-state index in [2.05, 4.69) is 95.0 Å². The molecule has 0 radical (unpaired) electrons. The molecule has 2 aromatic carbocycles. The Morgan fingerprint density at radius 1 is 1.00 bits per heavy atom. The van der Waals surface area contributed by atoms with Crippen LogP contribution < -0.4 is 4.90 Å². The van der Waals surface area contributed by atoms with Gasteiger partial charge in [-0.2, -0.15) is 0 Å². The number of hydrogen-bond donors (Lipinski definition) is 0. The highest BCUT2D eigenvalue weighted by Crippen LogP contribution is 2.37. The fraction of sp³-hybridized carbons (Fsp3) is 0.316. The van der Waals surface area contributed by atoms with Crippen molar-refractivity contribution in [2.45, 2.75) is 32.4 Å². The summed E-state index contributed by atoms with van der Waals surface area (Å²) in [7, 11) is 0. The molecule has 0 amide bonds. The zero-order chi connectivity index (χ0) is 16.6. The minimum Gasteiger partial charge on any atom is -0.342 e. The Bertz CT molecular complexity index is 692. The zero-order valence-corrected chi connectivity index (χ0v) is 16.1. The average Bonchev–Trinajstić information content (AvgIpc) is 2.86. The van der Waals surface area contributed by atoms with Crippen LogP contribution in [-0.4, -0.2) is 22.1 Å². The van der Waals surface area contributed by atoms with E-state index in [1.807, 2.05) is 6.07 Å². The number of hydrogen-bond acceptors (Lipinski definition) is 1. The molecule has 0 unspecified atom stereocenters. The lowest BCUT2D eigenvalue weighted by Crippen LogP contribution is -2.44. The molecule has 0 aromatic heterocycles. The van der Waals surface area contributed by atoms with Crippen LogP contribution in [0.1, 0.15) is 32.4 Å². The van der Waals surface area contributed by atoms with Crippen molar-refractivity contribution < 1.29 is 0 Å². The van der Waals surface area contributed by atoms with Crippen molar-refractivity contribution >= 4 is 38.9 Å². The van der Waals surface area contributed by atoms with Crippen molar-refractivity contribution in [1.29, 1.82) is 0 Å².